The van der Waals surface area contributed by atoms with Crippen molar-refractivity contribution in [2.24, 2.45) is 5.73 Å². The highest BCUT2D eigenvalue weighted by Crippen LogP contribution is 2.05. The van der Waals surface area contributed by atoms with Crippen molar-refractivity contribution < 1.29 is 9.90 Å². The van der Waals surface area contributed by atoms with Gasteiger partial charge in [-0.25, -0.2) is 0 Å². The van der Waals surface area contributed by atoms with Crippen LogP contribution in [0, 0.1) is 0 Å². The second-order valence-electron chi connectivity index (χ2n) is 4.03. The largest absolute Gasteiger partial charge is 0.382 e. The molecule has 0 heterocycles. The lowest BCUT2D eigenvalue weighted by Crippen LogP contribution is -2.46. The molecule has 0 radical (unpaired) electrons. The molecule has 0 aliphatic heterocycles. The summed E-state index contributed by atoms with van der Waals surface area (Å²) >= 11 is 0. The van der Waals surface area contributed by atoms with Gasteiger partial charge in [0.25, 0.3) is 5.91 Å². The number of carbonyl (C=O) groups is 1. The predicted molar refractivity (Wildman–Crippen MR) is 62.8 cm³/mol. The number of carbonyl (C=O) groups excluding carboxylic acids is 1. The van der Waals surface area contributed by atoms with Crippen molar-refractivity contribution in [3.05, 3.63) is 35.9 Å². The van der Waals surface area contributed by atoms with Crippen molar-refractivity contribution in [1.82, 2.24) is 4.90 Å². The molecule has 0 saturated carbocycles. The highest BCUT2D eigenvalue weighted by Gasteiger charge is 2.24. The summed E-state index contributed by atoms with van der Waals surface area (Å²) in [6.07, 6.45) is -0.656. The molecule has 1 rings (SSSR count). The van der Waals surface area contributed by atoms with E-state index in [4.69, 9.17) is 5.73 Å². The first-order valence-electron chi connectivity index (χ1n) is 5.21. The number of likely N-dealkylation sites (N-methyl/N-ethyl adjacent to an activating group) is 1. The SMILES string of the molecule is CN(C)C(=O)[C@H](O)[C@@H](N)Cc1ccccc1. The van der Waals surface area contributed by atoms with E-state index < -0.39 is 12.1 Å². The third kappa shape index (κ3) is 3.32. The molecule has 1 aromatic carbocycles. The van der Waals surface area contributed by atoms with Gasteiger partial charge in [0.15, 0.2) is 0 Å². The minimum atomic E-state index is -1.14. The van der Waals surface area contributed by atoms with E-state index in [9.17, 15) is 9.90 Å². The lowest BCUT2D eigenvalue weighted by atomic mass is 10.0. The number of benzene rings is 1. The van der Waals surface area contributed by atoms with Gasteiger partial charge in [0.2, 0.25) is 0 Å². The van der Waals surface area contributed by atoms with Crippen LogP contribution >= 0.6 is 0 Å². The molecule has 88 valence electrons. The van der Waals surface area contributed by atoms with Gasteiger partial charge in [-0.3, -0.25) is 4.79 Å². The van der Waals surface area contributed by atoms with Gasteiger partial charge in [-0.05, 0) is 12.0 Å². The van der Waals surface area contributed by atoms with Crippen molar-refractivity contribution in [1.29, 1.82) is 0 Å². The van der Waals surface area contributed by atoms with Gasteiger partial charge in [-0.2, -0.15) is 0 Å². The summed E-state index contributed by atoms with van der Waals surface area (Å²) in [5.41, 5.74) is 6.80. The monoisotopic (exact) mass is 222 g/mol. The minimum Gasteiger partial charge on any atom is -0.382 e. The maximum absolute atomic E-state index is 11.5. The molecule has 0 fully saturated rings. The van der Waals surface area contributed by atoms with Crippen LogP contribution in [0.1, 0.15) is 5.56 Å². The van der Waals surface area contributed by atoms with Gasteiger partial charge >= 0.3 is 0 Å². The zero-order chi connectivity index (χ0) is 12.1. The molecule has 3 N–H and O–H groups in total. The maximum atomic E-state index is 11.5. The Morgan fingerprint density at radius 1 is 1.38 bits per heavy atom. The van der Waals surface area contributed by atoms with Crippen LogP contribution in [0.4, 0.5) is 0 Å². The average molecular weight is 222 g/mol. The van der Waals surface area contributed by atoms with E-state index in [1.807, 2.05) is 30.3 Å². The number of aliphatic hydroxyl groups is 1. The van der Waals surface area contributed by atoms with Crippen LogP contribution < -0.4 is 5.73 Å². The summed E-state index contributed by atoms with van der Waals surface area (Å²) in [6.45, 7) is 0. The topological polar surface area (TPSA) is 66.6 Å². The van der Waals surface area contributed by atoms with Crippen LogP contribution in [-0.4, -0.2) is 42.2 Å². The Balaban J connectivity index is 2.59. The van der Waals surface area contributed by atoms with E-state index in [2.05, 4.69) is 0 Å². The molecule has 0 aliphatic rings. The third-order valence-electron chi connectivity index (χ3n) is 2.41. The van der Waals surface area contributed by atoms with Gasteiger partial charge in [0, 0.05) is 20.1 Å². The Labute approximate surface area is 95.7 Å². The fourth-order valence-corrected chi connectivity index (χ4v) is 1.45. The minimum absolute atomic E-state index is 0.358. The molecule has 2 atom stereocenters. The van der Waals surface area contributed by atoms with E-state index in [1.54, 1.807) is 14.1 Å². The van der Waals surface area contributed by atoms with Gasteiger partial charge in [-0.15, -0.1) is 0 Å². The molecule has 0 spiro atoms. The van der Waals surface area contributed by atoms with E-state index in [-0.39, 0.29) is 5.91 Å². The van der Waals surface area contributed by atoms with E-state index >= 15 is 0 Å². The quantitative estimate of drug-likeness (QED) is 0.754. The fourth-order valence-electron chi connectivity index (χ4n) is 1.45. The second-order valence-corrected chi connectivity index (χ2v) is 4.03. The molecule has 4 nitrogen and oxygen atoms in total. The number of rotatable bonds is 4. The van der Waals surface area contributed by atoms with Crippen molar-refractivity contribution in [2.75, 3.05) is 14.1 Å². The molecule has 4 heteroatoms. The molecule has 16 heavy (non-hydrogen) atoms. The van der Waals surface area contributed by atoms with E-state index in [1.165, 1.54) is 4.90 Å². The molecule has 1 amide bonds. The zero-order valence-electron chi connectivity index (χ0n) is 9.63. The lowest BCUT2D eigenvalue weighted by molar-refractivity contribution is -0.138. The molecule has 0 unspecified atom stereocenters. The highest BCUT2D eigenvalue weighted by molar-refractivity contribution is 5.80. The number of aliphatic hydroxyl groups excluding tert-OH is 1. The van der Waals surface area contributed by atoms with Crippen molar-refractivity contribution in [3.8, 4) is 0 Å². The first-order valence-corrected chi connectivity index (χ1v) is 5.21. The van der Waals surface area contributed by atoms with Gasteiger partial charge in [0.05, 0.1) is 0 Å². The molecule has 0 aromatic heterocycles. The Bertz CT molecular complexity index is 338. The van der Waals surface area contributed by atoms with E-state index in [0.717, 1.165) is 5.56 Å². The normalized spacial score (nSPS) is 14.2. The van der Waals surface area contributed by atoms with Crippen molar-refractivity contribution in [2.45, 2.75) is 18.6 Å². The maximum Gasteiger partial charge on any atom is 0.252 e. The number of hydrogen-bond acceptors (Lipinski definition) is 3. The Kier molecular flexibility index (Phi) is 4.46. The highest BCUT2D eigenvalue weighted by atomic mass is 16.3. The Morgan fingerprint density at radius 2 is 1.94 bits per heavy atom. The van der Waals surface area contributed by atoms with E-state index in [0.29, 0.717) is 6.42 Å². The predicted octanol–water partition coefficient (Wildman–Crippen LogP) is 0.00550. The Hall–Kier alpha value is -1.39. The smallest absolute Gasteiger partial charge is 0.252 e. The molecule has 0 bridgehead atoms. The van der Waals surface area contributed by atoms with Gasteiger partial charge in [-0.1, -0.05) is 30.3 Å². The van der Waals surface area contributed by atoms with Crippen LogP contribution in [0.2, 0.25) is 0 Å². The summed E-state index contributed by atoms with van der Waals surface area (Å²) in [6, 6.07) is 9.00. The van der Waals surface area contributed by atoms with Crippen LogP contribution in [0.3, 0.4) is 0 Å². The number of nitrogens with zero attached hydrogens (tertiary/aromatic N) is 1. The second kappa shape index (κ2) is 5.63. The first kappa shape index (κ1) is 12.7. The number of amides is 1. The van der Waals surface area contributed by atoms with Gasteiger partial charge in [0.1, 0.15) is 6.10 Å². The molecular weight excluding hydrogens is 204 g/mol. The molecular formula is C12H18N2O2. The Morgan fingerprint density at radius 3 is 2.44 bits per heavy atom. The first-order chi connectivity index (χ1) is 7.52. The summed E-state index contributed by atoms with van der Waals surface area (Å²) in [7, 11) is 3.20. The molecule has 1 aromatic rings. The van der Waals surface area contributed by atoms with Crippen molar-refractivity contribution >= 4 is 5.91 Å². The van der Waals surface area contributed by atoms with Crippen LogP contribution in [0.15, 0.2) is 30.3 Å². The summed E-state index contributed by atoms with van der Waals surface area (Å²) in [5.74, 6) is -0.358. The lowest BCUT2D eigenvalue weighted by Gasteiger charge is -2.21. The molecule has 0 aliphatic carbocycles. The van der Waals surface area contributed by atoms with Crippen LogP contribution in [0.5, 0.6) is 0 Å². The van der Waals surface area contributed by atoms with Gasteiger partial charge < -0.3 is 15.7 Å². The van der Waals surface area contributed by atoms with Crippen LogP contribution in [-0.2, 0) is 11.2 Å². The summed E-state index contributed by atoms with van der Waals surface area (Å²) in [5, 5.41) is 9.70. The summed E-state index contributed by atoms with van der Waals surface area (Å²) < 4.78 is 0. The van der Waals surface area contributed by atoms with Crippen LogP contribution in [0.25, 0.3) is 0 Å². The standard InChI is InChI=1S/C12H18N2O2/c1-14(2)12(16)11(15)10(13)8-9-6-4-3-5-7-9/h3-7,10-11,15H,8,13H2,1-2H3/t10-,11+/m0/s1. The number of nitrogens with two attached hydrogens (primary N) is 1. The molecule has 0 saturated heterocycles. The van der Waals surface area contributed by atoms with Crippen molar-refractivity contribution in [3.63, 3.8) is 0 Å². The number of hydrogen-bond donors (Lipinski definition) is 2. The zero-order valence-corrected chi connectivity index (χ0v) is 9.63. The fraction of sp³-hybridized carbons (Fsp3) is 0.417. The average Bonchev–Trinajstić information content (AvgIpc) is 2.28. The summed E-state index contributed by atoms with van der Waals surface area (Å²) in [4.78, 5) is 12.8. The third-order valence-corrected chi connectivity index (χ3v) is 2.41.